The van der Waals surface area contributed by atoms with Gasteiger partial charge in [0.15, 0.2) is 0 Å². The van der Waals surface area contributed by atoms with Gasteiger partial charge in [0.1, 0.15) is 5.82 Å². The summed E-state index contributed by atoms with van der Waals surface area (Å²) < 4.78 is 14.1. The van der Waals surface area contributed by atoms with E-state index in [9.17, 15) is 9.18 Å². The molecule has 2 nitrogen and oxygen atoms in total. The number of rotatable bonds is 3. The van der Waals surface area contributed by atoms with Gasteiger partial charge in [-0.15, -0.1) is 0 Å². The standard InChI is InChI=1S/C10H9BrClFO2/c1-5(4-8(14)15)6-2-3-7(11)9(12)10(6)13/h2-3,5H,4H2,1H3,(H,14,15). The first-order valence-corrected chi connectivity index (χ1v) is 5.45. The van der Waals surface area contributed by atoms with Crippen molar-refractivity contribution in [3.8, 4) is 0 Å². The van der Waals surface area contributed by atoms with Crippen LogP contribution in [0, 0.1) is 5.82 Å². The molecular formula is C10H9BrClFO2. The fourth-order valence-electron chi connectivity index (χ4n) is 1.29. The van der Waals surface area contributed by atoms with Gasteiger partial charge in [-0.3, -0.25) is 4.79 Å². The highest BCUT2D eigenvalue weighted by molar-refractivity contribution is 9.10. The van der Waals surface area contributed by atoms with E-state index in [0.29, 0.717) is 10.0 Å². The molecule has 0 aromatic heterocycles. The molecule has 0 spiro atoms. The average molecular weight is 296 g/mol. The van der Waals surface area contributed by atoms with E-state index in [2.05, 4.69) is 15.9 Å². The van der Waals surface area contributed by atoms with Crippen molar-refractivity contribution in [1.82, 2.24) is 0 Å². The predicted molar refractivity (Wildman–Crippen MR) is 59.8 cm³/mol. The van der Waals surface area contributed by atoms with E-state index >= 15 is 0 Å². The highest BCUT2D eigenvalue weighted by atomic mass is 79.9. The topological polar surface area (TPSA) is 37.3 Å². The maximum atomic E-state index is 13.6. The Morgan fingerprint density at radius 1 is 1.67 bits per heavy atom. The van der Waals surface area contributed by atoms with Crippen LogP contribution in [0.5, 0.6) is 0 Å². The van der Waals surface area contributed by atoms with Crippen molar-refractivity contribution in [1.29, 1.82) is 0 Å². The molecule has 0 aliphatic rings. The summed E-state index contributed by atoms with van der Waals surface area (Å²) in [5.41, 5.74) is 0.325. The molecule has 5 heteroatoms. The summed E-state index contributed by atoms with van der Waals surface area (Å²) in [5.74, 6) is -1.91. The molecule has 1 aromatic carbocycles. The molecule has 0 heterocycles. The quantitative estimate of drug-likeness (QED) is 0.861. The molecule has 0 aliphatic carbocycles. The van der Waals surface area contributed by atoms with Crippen molar-refractivity contribution in [3.05, 3.63) is 33.0 Å². The Morgan fingerprint density at radius 3 is 2.80 bits per heavy atom. The minimum atomic E-state index is -0.957. The molecule has 1 N–H and O–H groups in total. The molecule has 15 heavy (non-hydrogen) atoms. The van der Waals surface area contributed by atoms with Gasteiger partial charge in [-0.25, -0.2) is 4.39 Å². The second-order valence-electron chi connectivity index (χ2n) is 3.26. The number of benzene rings is 1. The molecule has 82 valence electrons. The smallest absolute Gasteiger partial charge is 0.303 e. The van der Waals surface area contributed by atoms with Crippen LogP contribution in [0.3, 0.4) is 0 Å². The number of carboxylic acids is 1. The van der Waals surface area contributed by atoms with Crippen LogP contribution in [0.15, 0.2) is 16.6 Å². The first-order chi connectivity index (χ1) is 6.93. The normalized spacial score (nSPS) is 12.5. The largest absolute Gasteiger partial charge is 0.481 e. The van der Waals surface area contributed by atoms with Gasteiger partial charge in [-0.05, 0) is 33.5 Å². The van der Waals surface area contributed by atoms with Gasteiger partial charge in [0, 0.05) is 4.47 Å². The van der Waals surface area contributed by atoms with Crippen LogP contribution in [-0.2, 0) is 4.79 Å². The number of hydrogen-bond acceptors (Lipinski definition) is 1. The lowest BCUT2D eigenvalue weighted by molar-refractivity contribution is -0.137. The summed E-state index contributed by atoms with van der Waals surface area (Å²) in [6.07, 6.45) is -0.116. The first-order valence-electron chi connectivity index (χ1n) is 4.28. The lowest BCUT2D eigenvalue weighted by atomic mass is 9.97. The van der Waals surface area contributed by atoms with Crippen LogP contribution in [0.25, 0.3) is 0 Å². The first kappa shape index (κ1) is 12.5. The van der Waals surface area contributed by atoms with Crippen LogP contribution >= 0.6 is 27.5 Å². The van der Waals surface area contributed by atoms with E-state index in [0.717, 1.165) is 0 Å². The molecule has 0 saturated heterocycles. The number of carboxylic acid groups (broad SMARTS) is 1. The Hall–Kier alpha value is -0.610. The summed E-state index contributed by atoms with van der Waals surface area (Å²) in [7, 11) is 0. The van der Waals surface area contributed by atoms with Gasteiger partial charge < -0.3 is 5.11 Å². The Labute approximate surface area is 100 Å². The van der Waals surface area contributed by atoms with Crippen LogP contribution in [0.1, 0.15) is 24.8 Å². The van der Waals surface area contributed by atoms with Crippen molar-refractivity contribution in [2.75, 3.05) is 0 Å². The van der Waals surface area contributed by atoms with Gasteiger partial charge in [-0.1, -0.05) is 24.6 Å². The summed E-state index contributed by atoms with van der Waals surface area (Å²) in [4.78, 5) is 10.5. The van der Waals surface area contributed by atoms with Gasteiger partial charge >= 0.3 is 5.97 Å². The third-order valence-corrected chi connectivity index (χ3v) is 3.34. The zero-order chi connectivity index (χ0) is 11.6. The lowest BCUT2D eigenvalue weighted by Gasteiger charge is -2.11. The maximum Gasteiger partial charge on any atom is 0.303 e. The summed E-state index contributed by atoms with van der Waals surface area (Å²) in [5, 5.41) is 8.59. The Balaban J connectivity index is 3.05. The van der Waals surface area contributed by atoms with Crippen LogP contribution < -0.4 is 0 Å². The molecule has 1 aromatic rings. The van der Waals surface area contributed by atoms with Gasteiger partial charge in [0.05, 0.1) is 11.4 Å². The molecule has 0 radical (unpaired) electrons. The minimum absolute atomic E-state index is 0.00950. The summed E-state index contributed by atoms with van der Waals surface area (Å²) in [6, 6.07) is 3.15. The molecule has 0 saturated carbocycles. The Kier molecular flexibility index (Phi) is 4.11. The zero-order valence-corrected chi connectivity index (χ0v) is 10.3. The molecule has 1 atom stereocenters. The average Bonchev–Trinajstić information content (AvgIpc) is 2.13. The minimum Gasteiger partial charge on any atom is -0.481 e. The van der Waals surface area contributed by atoms with Crippen molar-refractivity contribution in [2.45, 2.75) is 19.3 Å². The fourth-order valence-corrected chi connectivity index (χ4v) is 1.77. The van der Waals surface area contributed by atoms with Crippen LogP contribution in [0.4, 0.5) is 4.39 Å². The van der Waals surface area contributed by atoms with Crippen molar-refractivity contribution in [3.63, 3.8) is 0 Å². The van der Waals surface area contributed by atoms with E-state index in [1.165, 1.54) is 0 Å². The van der Waals surface area contributed by atoms with Gasteiger partial charge in [0.25, 0.3) is 0 Å². The number of hydrogen-bond donors (Lipinski definition) is 1. The van der Waals surface area contributed by atoms with E-state index in [1.807, 2.05) is 0 Å². The SMILES string of the molecule is CC(CC(=O)O)c1ccc(Br)c(Cl)c1F. The highest BCUT2D eigenvalue weighted by Crippen LogP contribution is 2.32. The molecular weight excluding hydrogens is 286 g/mol. The zero-order valence-electron chi connectivity index (χ0n) is 7.93. The second kappa shape index (κ2) is 4.94. The van der Waals surface area contributed by atoms with E-state index < -0.39 is 17.7 Å². The van der Waals surface area contributed by atoms with Crippen LogP contribution in [-0.4, -0.2) is 11.1 Å². The summed E-state index contributed by atoms with van der Waals surface area (Å²) >= 11 is 8.79. The monoisotopic (exact) mass is 294 g/mol. The highest BCUT2D eigenvalue weighted by Gasteiger charge is 2.17. The van der Waals surface area contributed by atoms with Crippen molar-refractivity contribution in [2.24, 2.45) is 0 Å². The third-order valence-electron chi connectivity index (χ3n) is 2.08. The predicted octanol–water partition coefficient (Wildman–Crippen LogP) is 3.82. The van der Waals surface area contributed by atoms with Crippen molar-refractivity contribution < 1.29 is 14.3 Å². The Morgan fingerprint density at radius 2 is 2.27 bits per heavy atom. The van der Waals surface area contributed by atoms with E-state index in [4.69, 9.17) is 16.7 Å². The number of halogens is 3. The maximum absolute atomic E-state index is 13.6. The Bertz CT molecular complexity index is 395. The number of carbonyl (C=O) groups is 1. The molecule has 0 fully saturated rings. The summed E-state index contributed by atoms with van der Waals surface area (Å²) in [6.45, 7) is 1.65. The third kappa shape index (κ3) is 2.92. The lowest BCUT2D eigenvalue weighted by Crippen LogP contribution is -2.05. The molecule has 0 bridgehead atoms. The van der Waals surface area contributed by atoms with E-state index in [-0.39, 0.29) is 11.4 Å². The van der Waals surface area contributed by atoms with E-state index in [1.54, 1.807) is 19.1 Å². The number of aliphatic carboxylic acids is 1. The molecule has 0 amide bonds. The fraction of sp³-hybridized carbons (Fsp3) is 0.300. The van der Waals surface area contributed by atoms with Crippen LogP contribution in [0.2, 0.25) is 5.02 Å². The van der Waals surface area contributed by atoms with Crippen molar-refractivity contribution >= 4 is 33.5 Å². The van der Waals surface area contributed by atoms with Gasteiger partial charge in [0.2, 0.25) is 0 Å². The second-order valence-corrected chi connectivity index (χ2v) is 4.50. The van der Waals surface area contributed by atoms with Gasteiger partial charge in [-0.2, -0.15) is 0 Å². The molecule has 1 unspecified atom stereocenters. The molecule has 1 rings (SSSR count). The molecule has 0 aliphatic heterocycles.